The first kappa shape index (κ1) is 12.5. The van der Waals surface area contributed by atoms with Gasteiger partial charge in [-0.15, -0.1) is 0 Å². The fourth-order valence-corrected chi connectivity index (χ4v) is 1.14. The first-order valence-electron chi connectivity index (χ1n) is 4.36. The van der Waals surface area contributed by atoms with Crippen LogP contribution in [0.3, 0.4) is 0 Å². The molecule has 0 amide bonds. The highest BCUT2D eigenvalue weighted by molar-refractivity contribution is 5.73. The number of alkyl halides is 3. The minimum absolute atomic E-state index is 0.0562. The molecule has 0 fully saturated rings. The van der Waals surface area contributed by atoms with Crippen molar-refractivity contribution >= 4 is 5.97 Å². The molecule has 6 heteroatoms. The van der Waals surface area contributed by atoms with E-state index in [4.69, 9.17) is 5.11 Å². The predicted octanol–water partition coefficient (Wildman–Crippen LogP) is 2.08. The molecule has 88 valence electrons. The molecular weight excluding hydrogens is 225 g/mol. The van der Waals surface area contributed by atoms with E-state index in [-0.39, 0.29) is 11.1 Å². The molecule has 2 unspecified atom stereocenters. The van der Waals surface area contributed by atoms with Crippen LogP contribution in [0.5, 0.6) is 0 Å². The number of halogens is 3. The lowest BCUT2D eigenvalue weighted by molar-refractivity contribution is -0.147. The summed E-state index contributed by atoms with van der Waals surface area (Å²) in [7, 11) is 0. The molecule has 2 N–H and O–H groups in total. The summed E-state index contributed by atoms with van der Waals surface area (Å²) in [4.78, 5) is 10.2. The minimum Gasteiger partial charge on any atom is -0.479 e. The van der Waals surface area contributed by atoms with Gasteiger partial charge in [-0.1, -0.05) is 24.3 Å². The number of aliphatic carboxylic acids is 1. The van der Waals surface area contributed by atoms with Crippen LogP contribution in [0.1, 0.15) is 23.7 Å². The first-order valence-corrected chi connectivity index (χ1v) is 4.36. The van der Waals surface area contributed by atoms with E-state index in [9.17, 15) is 23.1 Å². The van der Waals surface area contributed by atoms with E-state index in [0.717, 1.165) is 24.3 Å². The van der Waals surface area contributed by atoms with Gasteiger partial charge in [0.1, 0.15) is 6.10 Å². The summed E-state index contributed by atoms with van der Waals surface area (Å²) < 4.78 is 37.2. The van der Waals surface area contributed by atoms with Crippen LogP contribution in [0, 0.1) is 0 Å². The van der Waals surface area contributed by atoms with Gasteiger partial charge in [0.2, 0.25) is 6.17 Å². The van der Waals surface area contributed by atoms with Crippen molar-refractivity contribution in [2.24, 2.45) is 0 Å². The lowest BCUT2D eigenvalue weighted by atomic mass is 10.0. The van der Waals surface area contributed by atoms with Crippen LogP contribution in [-0.2, 0) is 4.79 Å². The Labute approximate surface area is 89.1 Å². The zero-order valence-corrected chi connectivity index (χ0v) is 7.98. The highest BCUT2D eigenvalue weighted by atomic mass is 19.3. The summed E-state index contributed by atoms with van der Waals surface area (Å²) in [5.74, 6) is -1.80. The number of carboxylic acid groups (broad SMARTS) is 1. The Bertz CT molecular complexity index is 364. The normalized spacial score (nSPS) is 14.8. The van der Waals surface area contributed by atoms with Crippen LogP contribution in [0.15, 0.2) is 24.3 Å². The summed E-state index contributed by atoms with van der Waals surface area (Å²) in [5.41, 5.74) is -0.332. The monoisotopic (exact) mass is 234 g/mol. The Morgan fingerprint density at radius 2 is 1.50 bits per heavy atom. The quantitative estimate of drug-likeness (QED) is 0.838. The number of benzene rings is 1. The van der Waals surface area contributed by atoms with Crippen molar-refractivity contribution < 1.29 is 28.2 Å². The summed E-state index contributed by atoms with van der Waals surface area (Å²) in [6, 6.07) is 4.17. The SMILES string of the molecule is O=C(O)C(F)C(O)c1ccc(C(F)F)cc1. The van der Waals surface area contributed by atoms with Crippen molar-refractivity contribution in [3.8, 4) is 0 Å². The van der Waals surface area contributed by atoms with Gasteiger partial charge in [-0.05, 0) is 5.56 Å². The smallest absolute Gasteiger partial charge is 0.341 e. The second kappa shape index (κ2) is 4.98. The van der Waals surface area contributed by atoms with Gasteiger partial charge in [-0.3, -0.25) is 0 Å². The zero-order chi connectivity index (χ0) is 12.3. The summed E-state index contributed by atoms with van der Waals surface area (Å²) in [6.45, 7) is 0. The number of carboxylic acids is 1. The molecule has 1 aromatic rings. The van der Waals surface area contributed by atoms with Crippen LogP contribution in [0.2, 0.25) is 0 Å². The molecule has 3 nitrogen and oxygen atoms in total. The van der Waals surface area contributed by atoms with Crippen LogP contribution >= 0.6 is 0 Å². The van der Waals surface area contributed by atoms with Crippen molar-refractivity contribution in [2.75, 3.05) is 0 Å². The van der Waals surface area contributed by atoms with E-state index >= 15 is 0 Å². The molecule has 0 radical (unpaired) electrons. The Kier molecular flexibility index (Phi) is 3.89. The second-order valence-corrected chi connectivity index (χ2v) is 3.15. The zero-order valence-electron chi connectivity index (χ0n) is 7.98. The predicted molar refractivity (Wildman–Crippen MR) is 48.9 cm³/mol. The average Bonchev–Trinajstić information content (AvgIpc) is 2.27. The van der Waals surface area contributed by atoms with Gasteiger partial charge >= 0.3 is 5.97 Å². The molecule has 0 saturated carbocycles. The van der Waals surface area contributed by atoms with Crippen LogP contribution in [0.25, 0.3) is 0 Å². The number of aliphatic hydroxyl groups excluding tert-OH is 1. The molecule has 0 aliphatic rings. The van der Waals surface area contributed by atoms with Crippen molar-refractivity contribution in [1.29, 1.82) is 0 Å². The lowest BCUT2D eigenvalue weighted by Gasteiger charge is -2.12. The summed E-state index contributed by atoms with van der Waals surface area (Å²) in [5, 5.41) is 17.5. The van der Waals surface area contributed by atoms with Crippen LogP contribution < -0.4 is 0 Å². The van der Waals surface area contributed by atoms with E-state index in [1.165, 1.54) is 0 Å². The summed E-state index contributed by atoms with van der Waals surface area (Å²) in [6.07, 6.45) is -6.99. The molecule has 2 atom stereocenters. The molecule has 0 saturated heterocycles. The highest BCUT2D eigenvalue weighted by Crippen LogP contribution is 2.23. The van der Waals surface area contributed by atoms with Gasteiger partial charge in [0.05, 0.1) is 0 Å². The molecule has 0 spiro atoms. The standard InChI is InChI=1S/C10H9F3O3/c11-7(10(15)16)8(14)5-1-3-6(4-2-5)9(12)13/h1-4,7-9,14H,(H,15,16). The first-order chi connectivity index (χ1) is 7.43. The fraction of sp³-hybridized carbons (Fsp3) is 0.300. The molecular formula is C10H9F3O3. The van der Waals surface area contributed by atoms with Crippen LogP contribution in [-0.4, -0.2) is 22.4 Å². The maximum absolute atomic E-state index is 12.9. The lowest BCUT2D eigenvalue weighted by Crippen LogP contribution is -2.23. The number of carbonyl (C=O) groups is 1. The number of rotatable bonds is 4. The maximum Gasteiger partial charge on any atom is 0.341 e. The molecule has 1 aromatic carbocycles. The topological polar surface area (TPSA) is 57.5 Å². The largest absolute Gasteiger partial charge is 0.479 e. The number of hydrogen-bond donors (Lipinski definition) is 2. The van der Waals surface area contributed by atoms with Crippen molar-refractivity contribution in [3.63, 3.8) is 0 Å². The fourth-order valence-electron chi connectivity index (χ4n) is 1.14. The molecule has 0 aliphatic heterocycles. The molecule has 1 rings (SSSR count). The maximum atomic E-state index is 12.9. The van der Waals surface area contributed by atoms with Gasteiger partial charge in [0.15, 0.2) is 0 Å². The van der Waals surface area contributed by atoms with Gasteiger partial charge in [0, 0.05) is 5.56 Å². The Morgan fingerprint density at radius 1 is 1.06 bits per heavy atom. The molecule has 0 aromatic heterocycles. The van der Waals surface area contributed by atoms with E-state index in [0.29, 0.717) is 0 Å². The van der Waals surface area contributed by atoms with Gasteiger partial charge in [-0.2, -0.15) is 0 Å². The third-order valence-corrected chi connectivity index (χ3v) is 2.04. The van der Waals surface area contributed by atoms with Crippen LogP contribution in [0.4, 0.5) is 13.2 Å². The third-order valence-electron chi connectivity index (χ3n) is 2.04. The van der Waals surface area contributed by atoms with Crippen molar-refractivity contribution in [2.45, 2.75) is 18.7 Å². The van der Waals surface area contributed by atoms with Gasteiger partial charge in [-0.25, -0.2) is 18.0 Å². The van der Waals surface area contributed by atoms with E-state index < -0.39 is 24.7 Å². The molecule has 0 aliphatic carbocycles. The Hall–Kier alpha value is -1.56. The van der Waals surface area contributed by atoms with E-state index in [1.54, 1.807) is 0 Å². The second-order valence-electron chi connectivity index (χ2n) is 3.15. The van der Waals surface area contributed by atoms with E-state index in [2.05, 4.69) is 0 Å². The van der Waals surface area contributed by atoms with Crippen molar-refractivity contribution in [3.05, 3.63) is 35.4 Å². The van der Waals surface area contributed by atoms with Gasteiger partial charge < -0.3 is 10.2 Å². The Morgan fingerprint density at radius 3 is 1.88 bits per heavy atom. The Balaban J connectivity index is 2.85. The average molecular weight is 234 g/mol. The highest BCUT2D eigenvalue weighted by Gasteiger charge is 2.27. The van der Waals surface area contributed by atoms with Crippen molar-refractivity contribution in [1.82, 2.24) is 0 Å². The summed E-state index contributed by atoms with van der Waals surface area (Å²) >= 11 is 0. The van der Waals surface area contributed by atoms with Gasteiger partial charge in [0.25, 0.3) is 6.43 Å². The van der Waals surface area contributed by atoms with E-state index in [1.807, 2.05) is 0 Å². The third kappa shape index (κ3) is 2.73. The molecule has 0 bridgehead atoms. The molecule has 16 heavy (non-hydrogen) atoms. The number of aliphatic hydroxyl groups is 1. The molecule has 0 heterocycles. The minimum atomic E-state index is -2.66. The number of hydrogen-bond acceptors (Lipinski definition) is 2.